The van der Waals surface area contributed by atoms with E-state index in [0.717, 1.165) is 38.9 Å². The van der Waals surface area contributed by atoms with Crippen LogP contribution in [0.25, 0.3) is 0 Å². The van der Waals surface area contributed by atoms with Gasteiger partial charge in [0, 0.05) is 12.2 Å². The average Bonchev–Trinajstić information content (AvgIpc) is 2.70. The van der Waals surface area contributed by atoms with E-state index >= 15 is 0 Å². The van der Waals surface area contributed by atoms with Crippen molar-refractivity contribution in [2.24, 2.45) is 5.92 Å². The number of nitrogens with zero attached hydrogens (tertiary/aromatic N) is 2. The molecule has 1 rings (SSSR count). The molecule has 0 saturated carbocycles. The molecule has 0 bridgehead atoms. The molecule has 0 unspecified atom stereocenters. The Hall–Kier alpha value is -0.830. The molecule has 0 atom stereocenters. The van der Waals surface area contributed by atoms with Crippen molar-refractivity contribution in [1.29, 1.82) is 0 Å². The largest absolute Gasteiger partial charge is 0.316 e. The smallest absolute Gasteiger partial charge is 0.0657 e. The molecule has 0 aliphatic rings. The molecular weight excluding hydrogens is 234 g/mol. The molecule has 1 N–H and O–H groups in total. The fraction of sp³-hybridized carbons (Fsp3) is 0.812. The summed E-state index contributed by atoms with van der Waals surface area (Å²) in [5.41, 5.74) is 4.24. The number of hydrogen-bond acceptors (Lipinski definition) is 2. The van der Waals surface area contributed by atoms with Gasteiger partial charge in [0.05, 0.1) is 5.69 Å². The number of aryl methyl sites for hydroxylation is 1. The van der Waals surface area contributed by atoms with Crippen LogP contribution in [0.1, 0.15) is 58.0 Å². The zero-order chi connectivity index (χ0) is 14.3. The first kappa shape index (κ1) is 16.2. The van der Waals surface area contributed by atoms with E-state index in [9.17, 15) is 0 Å². The highest BCUT2D eigenvalue weighted by Crippen LogP contribution is 2.18. The monoisotopic (exact) mass is 265 g/mol. The van der Waals surface area contributed by atoms with Gasteiger partial charge >= 0.3 is 0 Å². The molecule has 0 spiro atoms. The summed E-state index contributed by atoms with van der Waals surface area (Å²) in [5, 5.41) is 8.33. The molecule has 0 fully saturated rings. The van der Waals surface area contributed by atoms with Crippen LogP contribution in [0.4, 0.5) is 0 Å². The summed E-state index contributed by atoms with van der Waals surface area (Å²) in [6.45, 7) is 14.4. The first-order chi connectivity index (χ1) is 9.13. The fourth-order valence-corrected chi connectivity index (χ4v) is 2.57. The zero-order valence-electron chi connectivity index (χ0n) is 13.4. The third kappa shape index (κ3) is 4.64. The minimum absolute atomic E-state index is 0.654. The molecule has 3 heteroatoms. The topological polar surface area (TPSA) is 29.9 Å². The van der Waals surface area contributed by atoms with E-state index in [0.29, 0.717) is 5.92 Å². The minimum Gasteiger partial charge on any atom is -0.316 e. The summed E-state index contributed by atoms with van der Waals surface area (Å²) in [6, 6.07) is 0. The van der Waals surface area contributed by atoms with Gasteiger partial charge in [0.15, 0.2) is 0 Å². The lowest BCUT2D eigenvalue weighted by molar-refractivity contribution is 0.466. The Balaban J connectivity index is 2.83. The predicted octanol–water partition coefficient (Wildman–Crippen LogP) is 3.21. The van der Waals surface area contributed by atoms with Crippen LogP contribution in [-0.4, -0.2) is 22.9 Å². The van der Waals surface area contributed by atoms with E-state index < -0.39 is 0 Å². The SMILES string of the molecule is CCCNCCc1c(CC)nn(CC(C)C)c1CC. The highest BCUT2D eigenvalue weighted by molar-refractivity contribution is 5.27. The van der Waals surface area contributed by atoms with Gasteiger partial charge in [-0.2, -0.15) is 5.10 Å². The molecule has 19 heavy (non-hydrogen) atoms. The summed E-state index contributed by atoms with van der Waals surface area (Å²) in [4.78, 5) is 0. The van der Waals surface area contributed by atoms with Gasteiger partial charge in [-0.1, -0.05) is 34.6 Å². The van der Waals surface area contributed by atoms with Gasteiger partial charge in [-0.25, -0.2) is 0 Å². The lowest BCUT2D eigenvalue weighted by Gasteiger charge is -2.10. The summed E-state index contributed by atoms with van der Waals surface area (Å²) in [6.07, 6.45) is 4.45. The van der Waals surface area contributed by atoms with Crippen molar-refractivity contribution in [1.82, 2.24) is 15.1 Å². The van der Waals surface area contributed by atoms with Crippen LogP contribution in [0.15, 0.2) is 0 Å². The van der Waals surface area contributed by atoms with Gasteiger partial charge in [0.25, 0.3) is 0 Å². The maximum atomic E-state index is 4.83. The number of aromatic nitrogens is 2. The second-order valence-electron chi connectivity index (χ2n) is 5.66. The first-order valence-corrected chi connectivity index (χ1v) is 7.92. The summed E-state index contributed by atoms with van der Waals surface area (Å²) < 4.78 is 2.25. The van der Waals surface area contributed by atoms with E-state index in [-0.39, 0.29) is 0 Å². The lowest BCUT2D eigenvalue weighted by Crippen LogP contribution is -2.18. The average molecular weight is 265 g/mol. The van der Waals surface area contributed by atoms with E-state index in [1.165, 1.54) is 23.4 Å². The fourth-order valence-electron chi connectivity index (χ4n) is 2.57. The maximum Gasteiger partial charge on any atom is 0.0657 e. The Labute approximate surface area is 118 Å². The lowest BCUT2D eigenvalue weighted by atomic mass is 10.1. The summed E-state index contributed by atoms with van der Waals surface area (Å²) in [5.74, 6) is 0.654. The predicted molar refractivity (Wildman–Crippen MR) is 82.7 cm³/mol. The van der Waals surface area contributed by atoms with Crippen molar-refractivity contribution in [2.75, 3.05) is 13.1 Å². The van der Waals surface area contributed by atoms with Crippen LogP contribution in [0.3, 0.4) is 0 Å². The van der Waals surface area contributed by atoms with Crippen molar-refractivity contribution < 1.29 is 0 Å². The van der Waals surface area contributed by atoms with E-state index in [1.54, 1.807) is 0 Å². The molecule has 110 valence electrons. The van der Waals surface area contributed by atoms with Crippen LogP contribution in [0, 0.1) is 5.92 Å². The van der Waals surface area contributed by atoms with Gasteiger partial charge in [-0.15, -0.1) is 0 Å². The van der Waals surface area contributed by atoms with Gasteiger partial charge in [-0.3, -0.25) is 4.68 Å². The van der Waals surface area contributed by atoms with Crippen molar-refractivity contribution in [3.8, 4) is 0 Å². The third-order valence-electron chi connectivity index (χ3n) is 3.44. The van der Waals surface area contributed by atoms with E-state index in [2.05, 4.69) is 44.6 Å². The molecule has 0 saturated heterocycles. The summed E-state index contributed by atoms with van der Waals surface area (Å²) >= 11 is 0. The molecule has 0 amide bonds. The molecule has 0 aliphatic heterocycles. The van der Waals surface area contributed by atoms with Crippen molar-refractivity contribution in [2.45, 2.75) is 66.8 Å². The third-order valence-corrected chi connectivity index (χ3v) is 3.44. The number of hydrogen-bond donors (Lipinski definition) is 1. The van der Waals surface area contributed by atoms with E-state index in [1.807, 2.05) is 0 Å². The number of nitrogens with one attached hydrogen (secondary N) is 1. The standard InChI is InChI=1S/C16H31N3/c1-6-10-17-11-9-14-15(7-2)18-19(12-13(4)5)16(14)8-3/h13,17H,6-12H2,1-5H3. The molecule has 1 aromatic heterocycles. The first-order valence-electron chi connectivity index (χ1n) is 7.92. The molecule has 0 radical (unpaired) electrons. The minimum atomic E-state index is 0.654. The molecular formula is C16H31N3. The molecule has 1 aromatic rings. The Bertz CT molecular complexity index is 366. The number of rotatable bonds is 9. The molecule has 0 aliphatic carbocycles. The van der Waals surface area contributed by atoms with Crippen molar-refractivity contribution >= 4 is 0 Å². The Morgan fingerprint density at radius 2 is 1.84 bits per heavy atom. The van der Waals surface area contributed by atoms with Gasteiger partial charge in [-0.05, 0) is 50.3 Å². The van der Waals surface area contributed by atoms with Crippen LogP contribution in [0.2, 0.25) is 0 Å². The van der Waals surface area contributed by atoms with Crippen LogP contribution in [0.5, 0.6) is 0 Å². The zero-order valence-corrected chi connectivity index (χ0v) is 13.4. The highest BCUT2D eigenvalue weighted by Gasteiger charge is 2.15. The van der Waals surface area contributed by atoms with Gasteiger partial charge in [0.1, 0.15) is 0 Å². The molecule has 1 heterocycles. The Morgan fingerprint density at radius 1 is 1.11 bits per heavy atom. The van der Waals surface area contributed by atoms with Crippen molar-refractivity contribution in [3.05, 3.63) is 17.0 Å². The molecule has 3 nitrogen and oxygen atoms in total. The Morgan fingerprint density at radius 3 is 2.37 bits per heavy atom. The van der Waals surface area contributed by atoms with Crippen LogP contribution < -0.4 is 5.32 Å². The highest BCUT2D eigenvalue weighted by atomic mass is 15.3. The van der Waals surface area contributed by atoms with Crippen LogP contribution in [-0.2, 0) is 25.8 Å². The Kier molecular flexibility index (Phi) is 7.14. The molecule has 0 aromatic carbocycles. The normalized spacial score (nSPS) is 11.5. The van der Waals surface area contributed by atoms with E-state index in [4.69, 9.17) is 5.10 Å². The quantitative estimate of drug-likeness (QED) is 0.695. The van der Waals surface area contributed by atoms with Gasteiger partial charge in [0.2, 0.25) is 0 Å². The second kappa shape index (κ2) is 8.36. The van der Waals surface area contributed by atoms with Crippen molar-refractivity contribution in [3.63, 3.8) is 0 Å². The maximum absolute atomic E-state index is 4.83. The van der Waals surface area contributed by atoms with Gasteiger partial charge < -0.3 is 5.32 Å². The van der Waals surface area contributed by atoms with Crippen LogP contribution >= 0.6 is 0 Å². The summed E-state index contributed by atoms with van der Waals surface area (Å²) in [7, 11) is 0. The second-order valence-corrected chi connectivity index (χ2v) is 5.66.